The average molecular weight is 339 g/mol. The van der Waals surface area contributed by atoms with E-state index in [1.807, 2.05) is 6.07 Å². The number of sulfonamides is 1. The SMILES string of the molecule is O=S(=O)(Nc1ccc2c(c1)OC1=CCCCC1=C2)c1ccccc1. The Morgan fingerprint density at radius 3 is 2.71 bits per heavy atom. The highest BCUT2D eigenvalue weighted by Crippen LogP contribution is 2.37. The Morgan fingerprint density at radius 2 is 1.88 bits per heavy atom. The van der Waals surface area contributed by atoms with Crippen molar-refractivity contribution in [2.75, 3.05) is 4.72 Å². The maximum absolute atomic E-state index is 12.4. The maximum Gasteiger partial charge on any atom is 0.261 e. The first-order chi connectivity index (χ1) is 11.6. The number of fused-ring (bicyclic) bond motifs is 2. The first kappa shape index (κ1) is 15.0. The molecule has 0 aromatic heterocycles. The van der Waals surface area contributed by atoms with Crippen molar-refractivity contribution in [2.45, 2.75) is 24.2 Å². The van der Waals surface area contributed by atoms with Crippen molar-refractivity contribution in [2.24, 2.45) is 0 Å². The van der Waals surface area contributed by atoms with E-state index in [4.69, 9.17) is 4.74 Å². The molecule has 0 saturated heterocycles. The molecule has 0 radical (unpaired) electrons. The van der Waals surface area contributed by atoms with Gasteiger partial charge in [0, 0.05) is 11.6 Å². The highest BCUT2D eigenvalue weighted by Gasteiger charge is 2.20. The topological polar surface area (TPSA) is 55.4 Å². The molecule has 1 aliphatic heterocycles. The predicted octanol–water partition coefficient (Wildman–Crippen LogP) is 4.33. The smallest absolute Gasteiger partial charge is 0.261 e. The molecule has 0 amide bonds. The number of benzene rings is 2. The summed E-state index contributed by atoms with van der Waals surface area (Å²) in [6, 6.07) is 13.7. The Bertz CT molecular complexity index is 944. The molecule has 5 heteroatoms. The van der Waals surface area contributed by atoms with Gasteiger partial charge in [-0.1, -0.05) is 18.2 Å². The highest BCUT2D eigenvalue weighted by atomic mass is 32.2. The standard InChI is InChI=1S/C19H17NO3S/c21-24(22,17-7-2-1-3-8-17)20-16-11-10-15-12-14-6-4-5-9-18(14)23-19(15)13-16/h1-3,7-13,20H,4-6H2. The molecule has 1 aliphatic carbocycles. The van der Waals surface area contributed by atoms with Crippen LogP contribution in [0.25, 0.3) is 6.08 Å². The van der Waals surface area contributed by atoms with Gasteiger partial charge in [-0.05, 0) is 61.3 Å². The van der Waals surface area contributed by atoms with Crippen molar-refractivity contribution >= 4 is 21.8 Å². The van der Waals surface area contributed by atoms with E-state index in [0.29, 0.717) is 11.4 Å². The predicted molar refractivity (Wildman–Crippen MR) is 94.2 cm³/mol. The van der Waals surface area contributed by atoms with Gasteiger partial charge < -0.3 is 4.74 Å². The van der Waals surface area contributed by atoms with Crippen LogP contribution < -0.4 is 9.46 Å². The van der Waals surface area contributed by atoms with Gasteiger partial charge in [-0.25, -0.2) is 8.42 Å². The molecule has 4 nitrogen and oxygen atoms in total. The Labute approximate surface area is 141 Å². The van der Waals surface area contributed by atoms with Crippen LogP contribution in [0.2, 0.25) is 0 Å². The number of anilines is 1. The van der Waals surface area contributed by atoms with Gasteiger partial charge in [-0.2, -0.15) is 0 Å². The molecule has 0 saturated carbocycles. The lowest BCUT2D eigenvalue weighted by Gasteiger charge is -2.24. The first-order valence-electron chi connectivity index (χ1n) is 7.93. The van der Waals surface area contributed by atoms with Gasteiger partial charge in [0.1, 0.15) is 11.5 Å². The lowest BCUT2D eigenvalue weighted by molar-refractivity contribution is 0.416. The first-order valence-corrected chi connectivity index (χ1v) is 9.41. The second-order valence-corrected chi connectivity index (χ2v) is 7.59. The molecule has 0 fully saturated rings. The van der Waals surface area contributed by atoms with Gasteiger partial charge >= 0.3 is 0 Å². The summed E-state index contributed by atoms with van der Waals surface area (Å²) in [4.78, 5) is 0.237. The third kappa shape index (κ3) is 2.83. The normalized spacial score (nSPS) is 16.2. The van der Waals surface area contributed by atoms with Gasteiger partial charge in [0.05, 0.1) is 10.6 Å². The van der Waals surface area contributed by atoms with Gasteiger partial charge in [0.2, 0.25) is 0 Å². The van der Waals surface area contributed by atoms with Crippen LogP contribution in [-0.4, -0.2) is 8.42 Å². The van der Waals surface area contributed by atoms with E-state index in [0.717, 1.165) is 30.6 Å². The third-order valence-electron chi connectivity index (χ3n) is 4.17. The monoisotopic (exact) mass is 339 g/mol. The number of hydrogen-bond acceptors (Lipinski definition) is 3. The molecule has 1 heterocycles. The fraction of sp³-hybridized carbons (Fsp3) is 0.158. The van der Waals surface area contributed by atoms with Gasteiger partial charge in [-0.3, -0.25) is 4.72 Å². The van der Waals surface area contributed by atoms with Gasteiger partial charge in [0.25, 0.3) is 10.0 Å². The fourth-order valence-corrected chi connectivity index (χ4v) is 4.03. The van der Waals surface area contributed by atoms with E-state index < -0.39 is 10.0 Å². The summed E-state index contributed by atoms with van der Waals surface area (Å²) in [6.07, 6.45) is 7.40. The zero-order valence-corrected chi connectivity index (χ0v) is 13.8. The van der Waals surface area contributed by atoms with E-state index in [1.54, 1.807) is 42.5 Å². The summed E-state index contributed by atoms with van der Waals surface area (Å²) in [6.45, 7) is 0. The minimum Gasteiger partial charge on any atom is -0.457 e. The number of hydrogen-bond donors (Lipinski definition) is 1. The lowest BCUT2D eigenvalue weighted by atomic mass is 9.95. The van der Waals surface area contributed by atoms with Crippen LogP contribution in [0.1, 0.15) is 24.8 Å². The summed E-state index contributed by atoms with van der Waals surface area (Å²) in [5.41, 5.74) is 2.68. The molecule has 0 atom stereocenters. The highest BCUT2D eigenvalue weighted by molar-refractivity contribution is 7.92. The van der Waals surface area contributed by atoms with Crippen LogP contribution >= 0.6 is 0 Å². The Balaban J connectivity index is 1.64. The molecule has 4 rings (SSSR count). The zero-order valence-electron chi connectivity index (χ0n) is 13.0. The Kier molecular flexibility index (Phi) is 3.65. The molecule has 0 spiro atoms. The second-order valence-electron chi connectivity index (χ2n) is 5.90. The Hall–Kier alpha value is -2.53. The van der Waals surface area contributed by atoms with E-state index in [9.17, 15) is 8.42 Å². The van der Waals surface area contributed by atoms with E-state index >= 15 is 0 Å². The molecule has 2 aliphatic rings. The summed E-state index contributed by atoms with van der Waals surface area (Å²) in [5.74, 6) is 1.58. The lowest BCUT2D eigenvalue weighted by Crippen LogP contribution is -2.13. The largest absolute Gasteiger partial charge is 0.457 e. The minimum atomic E-state index is -3.60. The fourth-order valence-electron chi connectivity index (χ4n) is 2.96. The molecule has 24 heavy (non-hydrogen) atoms. The molecule has 122 valence electrons. The average Bonchev–Trinajstić information content (AvgIpc) is 2.60. The molecular formula is C19H17NO3S. The molecule has 1 N–H and O–H groups in total. The molecule has 2 aromatic carbocycles. The van der Waals surface area contributed by atoms with Gasteiger partial charge in [-0.15, -0.1) is 0 Å². The van der Waals surface area contributed by atoms with E-state index in [1.165, 1.54) is 5.57 Å². The van der Waals surface area contributed by atoms with Crippen molar-refractivity contribution in [3.05, 3.63) is 71.5 Å². The molecular weight excluding hydrogens is 322 g/mol. The molecule has 0 unspecified atom stereocenters. The zero-order chi connectivity index (χ0) is 16.6. The summed E-state index contributed by atoms with van der Waals surface area (Å²) in [5, 5.41) is 0. The van der Waals surface area contributed by atoms with Crippen molar-refractivity contribution < 1.29 is 13.2 Å². The van der Waals surface area contributed by atoms with Crippen LogP contribution in [0, 0.1) is 0 Å². The third-order valence-corrected chi connectivity index (χ3v) is 5.56. The van der Waals surface area contributed by atoms with Crippen LogP contribution in [0.5, 0.6) is 5.75 Å². The van der Waals surface area contributed by atoms with E-state index in [-0.39, 0.29) is 4.90 Å². The summed E-state index contributed by atoms with van der Waals surface area (Å²) in [7, 11) is -3.60. The van der Waals surface area contributed by atoms with Crippen molar-refractivity contribution in [3.8, 4) is 5.75 Å². The Morgan fingerprint density at radius 1 is 1.04 bits per heavy atom. The number of allylic oxidation sites excluding steroid dienone is 2. The molecule has 0 bridgehead atoms. The summed E-state index contributed by atoms with van der Waals surface area (Å²) >= 11 is 0. The van der Waals surface area contributed by atoms with Crippen LogP contribution in [0.3, 0.4) is 0 Å². The number of nitrogens with one attached hydrogen (secondary N) is 1. The van der Waals surface area contributed by atoms with Crippen molar-refractivity contribution in [1.82, 2.24) is 0 Å². The van der Waals surface area contributed by atoms with Crippen molar-refractivity contribution in [3.63, 3.8) is 0 Å². The van der Waals surface area contributed by atoms with Crippen molar-refractivity contribution in [1.29, 1.82) is 0 Å². The summed E-state index contributed by atoms with van der Waals surface area (Å²) < 4.78 is 33.4. The minimum absolute atomic E-state index is 0.237. The quantitative estimate of drug-likeness (QED) is 0.905. The van der Waals surface area contributed by atoms with Crippen LogP contribution in [0.4, 0.5) is 5.69 Å². The van der Waals surface area contributed by atoms with Crippen LogP contribution in [0.15, 0.2) is 70.8 Å². The van der Waals surface area contributed by atoms with E-state index in [2.05, 4.69) is 16.9 Å². The maximum atomic E-state index is 12.4. The number of rotatable bonds is 3. The van der Waals surface area contributed by atoms with Gasteiger partial charge in [0.15, 0.2) is 0 Å². The number of ether oxygens (including phenoxy) is 1. The second kappa shape index (κ2) is 5.83. The molecule has 2 aromatic rings. The van der Waals surface area contributed by atoms with Crippen LogP contribution in [-0.2, 0) is 10.0 Å².